The second-order valence-electron chi connectivity index (χ2n) is 7.46. The molecule has 1 aromatic carbocycles. The van der Waals surface area contributed by atoms with Gasteiger partial charge in [-0.15, -0.1) is 0 Å². The molecule has 0 aliphatic heterocycles. The number of nitrogens with one attached hydrogen (secondary N) is 1. The van der Waals surface area contributed by atoms with Gasteiger partial charge in [0.2, 0.25) is 0 Å². The van der Waals surface area contributed by atoms with Crippen molar-refractivity contribution in [1.82, 2.24) is 5.32 Å². The van der Waals surface area contributed by atoms with E-state index in [1.807, 2.05) is 0 Å². The number of benzene rings is 1. The lowest BCUT2D eigenvalue weighted by Crippen LogP contribution is -2.38. The van der Waals surface area contributed by atoms with E-state index in [9.17, 15) is 13.2 Å². The summed E-state index contributed by atoms with van der Waals surface area (Å²) in [6, 6.07) is 5.50. The summed E-state index contributed by atoms with van der Waals surface area (Å²) in [5, 5.41) is 3.44. The molecular weight excluding hydrogens is 275 g/mol. The van der Waals surface area contributed by atoms with Gasteiger partial charge in [0.15, 0.2) is 0 Å². The van der Waals surface area contributed by atoms with Crippen LogP contribution in [0.1, 0.15) is 52.2 Å². The Balaban J connectivity index is 2.59. The Morgan fingerprint density at radius 3 is 1.86 bits per heavy atom. The zero-order valence-corrected chi connectivity index (χ0v) is 13.6. The van der Waals surface area contributed by atoms with Crippen molar-refractivity contribution in [2.75, 3.05) is 6.54 Å². The average Bonchev–Trinajstić information content (AvgIpc) is 2.25. The van der Waals surface area contributed by atoms with Crippen LogP contribution in [-0.2, 0) is 12.6 Å². The fourth-order valence-corrected chi connectivity index (χ4v) is 2.23. The summed E-state index contributed by atoms with van der Waals surface area (Å²) in [4.78, 5) is 0. The third kappa shape index (κ3) is 6.98. The van der Waals surface area contributed by atoms with E-state index in [2.05, 4.69) is 39.9 Å². The normalized spacial score (nSPS) is 13.5. The summed E-state index contributed by atoms with van der Waals surface area (Å²) in [6.07, 6.45) is -2.51. The largest absolute Gasteiger partial charge is 0.416 e. The zero-order valence-electron chi connectivity index (χ0n) is 13.6. The van der Waals surface area contributed by atoms with Gasteiger partial charge in [-0.2, -0.15) is 13.2 Å². The van der Waals surface area contributed by atoms with Gasteiger partial charge in [-0.3, -0.25) is 0 Å². The highest BCUT2D eigenvalue weighted by atomic mass is 19.4. The molecule has 0 spiro atoms. The van der Waals surface area contributed by atoms with E-state index in [0.717, 1.165) is 24.9 Å². The van der Waals surface area contributed by atoms with E-state index in [0.29, 0.717) is 0 Å². The van der Waals surface area contributed by atoms with Gasteiger partial charge in [0.1, 0.15) is 0 Å². The Morgan fingerprint density at radius 1 is 0.905 bits per heavy atom. The van der Waals surface area contributed by atoms with Crippen molar-refractivity contribution >= 4 is 0 Å². The summed E-state index contributed by atoms with van der Waals surface area (Å²) in [7, 11) is 0. The van der Waals surface area contributed by atoms with E-state index < -0.39 is 11.7 Å². The van der Waals surface area contributed by atoms with Crippen molar-refractivity contribution in [3.05, 3.63) is 35.4 Å². The quantitative estimate of drug-likeness (QED) is 0.802. The van der Waals surface area contributed by atoms with Crippen LogP contribution in [0.15, 0.2) is 24.3 Å². The monoisotopic (exact) mass is 301 g/mol. The van der Waals surface area contributed by atoms with Crippen molar-refractivity contribution in [3.8, 4) is 0 Å². The van der Waals surface area contributed by atoms with Gasteiger partial charge in [0, 0.05) is 5.54 Å². The maximum Gasteiger partial charge on any atom is 0.416 e. The third-order valence-corrected chi connectivity index (χ3v) is 3.42. The first-order valence-corrected chi connectivity index (χ1v) is 7.30. The van der Waals surface area contributed by atoms with Crippen LogP contribution in [0.5, 0.6) is 0 Å². The molecule has 1 nitrogen and oxygen atoms in total. The number of alkyl halides is 3. The van der Waals surface area contributed by atoms with E-state index in [4.69, 9.17) is 0 Å². The summed E-state index contributed by atoms with van der Waals surface area (Å²) in [5.74, 6) is 0. The van der Waals surface area contributed by atoms with Crippen molar-refractivity contribution < 1.29 is 13.2 Å². The van der Waals surface area contributed by atoms with Gasteiger partial charge in [0.05, 0.1) is 5.56 Å². The number of halogens is 3. The van der Waals surface area contributed by atoms with Crippen LogP contribution in [0.4, 0.5) is 13.2 Å². The minimum Gasteiger partial charge on any atom is -0.312 e. The molecule has 0 atom stereocenters. The predicted molar refractivity (Wildman–Crippen MR) is 81.3 cm³/mol. The molecule has 1 rings (SSSR count). The van der Waals surface area contributed by atoms with E-state index in [-0.39, 0.29) is 11.0 Å². The van der Waals surface area contributed by atoms with Crippen molar-refractivity contribution in [3.63, 3.8) is 0 Å². The first-order chi connectivity index (χ1) is 9.39. The van der Waals surface area contributed by atoms with Crippen molar-refractivity contribution in [2.45, 2.75) is 59.2 Å². The fraction of sp³-hybridized carbons (Fsp3) is 0.647. The Labute approximate surface area is 125 Å². The molecule has 0 fully saturated rings. The SMILES string of the molecule is CC(C)(CCNC(C)(C)C)Cc1ccc(C(F)(F)F)cc1. The Hall–Kier alpha value is -1.03. The molecule has 0 radical (unpaired) electrons. The lowest BCUT2D eigenvalue weighted by atomic mass is 9.82. The molecule has 0 aliphatic carbocycles. The molecule has 0 heterocycles. The van der Waals surface area contributed by atoms with Gasteiger partial charge in [0.25, 0.3) is 0 Å². The molecule has 0 saturated carbocycles. The summed E-state index contributed by atoms with van der Waals surface area (Å²) < 4.78 is 37.6. The highest BCUT2D eigenvalue weighted by Gasteiger charge is 2.30. The van der Waals surface area contributed by atoms with Gasteiger partial charge in [-0.25, -0.2) is 0 Å². The first kappa shape index (κ1) is 18.0. The molecule has 4 heteroatoms. The van der Waals surface area contributed by atoms with Crippen LogP contribution < -0.4 is 5.32 Å². The van der Waals surface area contributed by atoms with E-state index in [1.165, 1.54) is 12.1 Å². The molecule has 0 amide bonds. The predicted octanol–water partition coefficient (Wildman–Crippen LogP) is 5.05. The highest BCUT2D eigenvalue weighted by Crippen LogP contribution is 2.31. The molecule has 0 unspecified atom stereocenters. The van der Waals surface area contributed by atoms with Crippen LogP contribution in [0, 0.1) is 5.41 Å². The third-order valence-electron chi connectivity index (χ3n) is 3.42. The summed E-state index contributed by atoms with van der Waals surface area (Å²) in [5.41, 5.74) is 0.504. The van der Waals surface area contributed by atoms with Crippen LogP contribution in [0.2, 0.25) is 0 Å². The summed E-state index contributed by atoms with van der Waals surface area (Å²) in [6.45, 7) is 11.6. The van der Waals surface area contributed by atoms with E-state index in [1.54, 1.807) is 12.1 Å². The summed E-state index contributed by atoms with van der Waals surface area (Å²) >= 11 is 0. The first-order valence-electron chi connectivity index (χ1n) is 7.30. The average molecular weight is 301 g/mol. The Bertz CT molecular complexity index is 439. The lowest BCUT2D eigenvalue weighted by molar-refractivity contribution is -0.137. The second kappa shape index (κ2) is 6.39. The number of hydrogen-bond donors (Lipinski definition) is 1. The van der Waals surface area contributed by atoms with Crippen LogP contribution in [0.3, 0.4) is 0 Å². The maximum absolute atomic E-state index is 12.5. The van der Waals surface area contributed by atoms with E-state index >= 15 is 0 Å². The smallest absolute Gasteiger partial charge is 0.312 e. The topological polar surface area (TPSA) is 12.0 Å². The second-order valence-corrected chi connectivity index (χ2v) is 7.46. The molecule has 0 bridgehead atoms. The standard InChI is InChI=1S/C17H26F3N/c1-15(2,3)21-11-10-16(4,5)12-13-6-8-14(9-7-13)17(18,19)20/h6-9,21H,10-12H2,1-5H3. The molecule has 0 saturated heterocycles. The Morgan fingerprint density at radius 2 is 1.43 bits per heavy atom. The maximum atomic E-state index is 12.5. The highest BCUT2D eigenvalue weighted by molar-refractivity contribution is 5.25. The zero-order chi connectivity index (χ0) is 16.3. The minimum atomic E-state index is -4.26. The fourth-order valence-electron chi connectivity index (χ4n) is 2.23. The molecule has 0 aliphatic rings. The van der Waals surface area contributed by atoms with Crippen LogP contribution in [0.25, 0.3) is 0 Å². The Kier molecular flexibility index (Phi) is 5.48. The van der Waals surface area contributed by atoms with Crippen LogP contribution in [-0.4, -0.2) is 12.1 Å². The number of rotatable bonds is 5. The molecule has 0 aromatic heterocycles. The molecule has 21 heavy (non-hydrogen) atoms. The minimum absolute atomic E-state index is 0.0536. The lowest BCUT2D eigenvalue weighted by Gasteiger charge is -2.28. The van der Waals surface area contributed by atoms with Crippen molar-refractivity contribution in [1.29, 1.82) is 0 Å². The molecule has 1 aromatic rings. The van der Waals surface area contributed by atoms with Gasteiger partial charge >= 0.3 is 6.18 Å². The molecule has 120 valence electrons. The van der Waals surface area contributed by atoms with Gasteiger partial charge < -0.3 is 5.32 Å². The number of hydrogen-bond acceptors (Lipinski definition) is 1. The molecular formula is C17H26F3N. The van der Waals surface area contributed by atoms with Gasteiger partial charge in [-0.1, -0.05) is 26.0 Å². The molecule has 1 N–H and O–H groups in total. The van der Waals surface area contributed by atoms with Crippen molar-refractivity contribution in [2.24, 2.45) is 5.41 Å². The van der Waals surface area contributed by atoms with Crippen LogP contribution >= 0.6 is 0 Å². The van der Waals surface area contributed by atoms with Gasteiger partial charge in [-0.05, 0) is 63.3 Å².